The van der Waals surface area contributed by atoms with E-state index in [0.29, 0.717) is 5.82 Å². The van der Waals surface area contributed by atoms with Crippen LogP contribution in [-0.2, 0) is 0 Å². The lowest BCUT2D eigenvalue weighted by Crippen LogP contribution is -2.13. The summed E-state index contributed by atoms with van der Waals surface area (Å²) in [5, 5.41) is 11.5. The largest absolute Gasteiger partial charge is 0.478 e. The minimum atomic E-state index is -1.07. The first-order valence-corrected chi connectivity index (χ1v) is 5.64. The summed E-state index contributed by atoms with van der Waals surface area (Å²) >= 11 is 0. The molecular weight excluding hydrogens is 244 g/mol. The Labute approximate surface area is 109 Å². The number of nitrogens with one attached hydrogen (secondary N) is 1. The Morgan fingerprint density at radius 2 is 1.79 bits per heavy atom. The Balaban J connectivity index is 2.20. The van der Waals surface area contributed by atoms with E-state index in [1.165, 1.54) is 18.2 Å². The van der Waals surface area contributed by atoms with Crippen molar-refractivity contribution in [1.29, 1.82) is 0 Å². The standard InChI is InChI=1S/C14H12N2O3/c1-9-4-2-7-12(15-9)16-13(17)10-5-3-6-11(8-10)14(18)19/h2-8H,1H3,(H,18,19)(H,15,16,17). The lowest BCUT2D eigenvalue weighted by molar-refractivity contribution is 0.0697. The van der Waals surface area contributed by atoms with Crippen LogP contribution in [0.3, 0.4) is 0 Å². The number of hydrogen-bond donors (Lipinski definition) is 2. The molecule has 0 aliphatic rings. The highest BCUT2D eigenvalue weighted by Crippen LogP contribution is 2.09. The van der Waals surface area contributed by atoms with E-state index in [9.17, 15) is 9.59 Å². The second-order valence-electron chi connectivity index (χ2n) is 4.00. The van der Waals surface area contributed by atoms with Gasteiger partial charge in [0.2, 0.25) is 0 Å². The third-order valence-electron chi connectivity index (χ3n) is 2.50. The van der Waals surface area contributed by atoms with Gasteiger partial charge in [0.1, 0.15) is 5.82 Å². The molecule has 1 heterocycles. The van der Waals surface area contributed by atoms with Crippen LogP contribution in [0.25, 0.3) is 0 Å². The van der Waals surface area contributed by atoms with Gasteiger partial charge in [0.15, 0.2) is 0 Å². The first-order valence-electron chi connectivity index (χ1n) is 5.64. The molecule has 1 aromatic heterocycles. The summed E-state index contributed by atoms with van der Waals surface area (Å²) in [6, 6.07) is 11.1. The molecule has 19 heavy (non-hydrogen) atoms. The van der Waals surface area contributed by atoms with Crippen LogP contribution in [0.4, 0.5) is 5.82 Å². The Bertz CT molecular complexity index is 638. The Morgan fingerprint density at radius 3 is 2.47 bits per heavy atom. The Kier molecular flexibility index (Phi) is 3.56. The summed E-state index contributed by atoms with van der Waals surface area (Å²) in [5.74, 6) is -1.02. The van der Waals surface area contributed by atoms with E-state index in [1.54, 1.807) is 18.2 Å². The Hall–Kier alpha value is -2.69. The molecule has 5 heteroatoms. The zero-order valence-electron chi connectivity index (χ0n) is 10.3. The van der Waals surface area contributed by atoms with Gasteiger partial charge in [-0.05, 0) is 37.3 Å². The molecule has 1 aromatic carbocycles. The van der Waals surface area contributed by atoms with Crippen molar-refractivity contribution in [3.05, 3.63) is 59.3 Å². The van der Waals surface area contributed by atoms with E-state index < -0.39 is 5.97 Å². The van der Waals surface area contributed by atoms with Crippen molar-refractivity contribution in [3.63, 3.8) is 0 Å². The molecule has 0 saturated carbocycles. The molecule has 0 atom stereocenters. The van der Waals surface area contributed by atoms with Crippen molar-refractivity contribution >= 4 is 17.7 Å². The van der Waals surface area contributed by atoms with Crippen molar-refractivity contribution in [2.75, 3.05) is 5.32 Å². The number of nitrogens with zero attached hydrogens (tertiary/aromatic N) is 1. The number of amides is 1. The van der Waals surface area contributed by atoms with Crippen LogP contribution >= 0.6 is 0 Å². The van der Waals surface area contributed by atoms with E-state index in [4.69, 9.17) is 5.11 Å². The number of rotatable bonds is 3. The highest BCUT2D eigenvalue weighted by molar-refractivity contribution is 6.05. The topological polar surface area (TPSA) is 79.3 Å². The molecule has 2 aromatic rings. The minimum Gasteiger partial charge on any atom is -0.478 e. The molecule has 0 saturated heterocycles. The number of aromatic nitrogens is 1. The summed E-state index contributed by atoms with van der Waals surface area (Å²) < 4.78 is 0. The predicted molar refractivity (Wildman–Crippen MR) is 70.3 cm³/mol. The SMILES string of the molecule is Cc1cccc(NC(=O)c2cccc(C(=O)O)c2)n1. The highest BCUT2D eigenvalue weighted by atomic mass is 16.4. The van der Waals surface area contributed by atoms with Crippen LogP contribution < -0.4 is 5.32 Å². The molecule has 0 aliphatic carbocycles. The Morgan fingerprint density at radius 1 is 1.11 bits per heavy atom. The molecule has 0 fully saturated rings. The van der Waals surface area contributed by atoms with Crippen molar-refractivity contribution < 1.29 is 14.7 Å². The van der Waals surface area contributed by atoms with Gasteiger partial charge in [-0.15, -0.1) is 0 Å². The fourth-order valence-electron chi connectivity index (χ4n) is 1.59. The van der Waals surface area contributed by atoms with Gasteiger partial charge in [0, 0.05) is 11.3 Å². The van der Waals surface area contributed by atoms with Crippen LogP contribution in [0.2, 0.25) is 0 Å². The summed E-state index contributed by atoms with van der Waals surface area (Å²) in [6.45, 7) is 1.82. The third-order valence-corrected chi connectivity index (χ3v) is 2.50. The van der Waals surface area contributed by atoms with E-state index in [2.05, 4.69) is 10.3 Å². The second kappa shape index (κ2) is 5.30. The van der Waals surface area contributed by atoms with Gasteiger partial charge in [-0.1, -0.05) is 12.1 Å². The zero-order valence-corrected chi connectivity index (χ0v) is 10.3. The van der Waals surface area contributed by atoms with Crippen molar-refractivity contribution in [3.8, 4) is 0 Å². The maximum absolute atomic E-state index is 12.0. The number of pyridine rings is 1. The van der Waals surface area contributed by atoms with Gasteiger partial charge in [-0.2, -0.15) is 0 Å². The fourth-order valence-corrected chi connectivity index (χ4v) is 1.59. The number of benzene rings is 1. The number of carbonyl (C=O) groups is 2. The molecule has 96 valence electrons. The van der Waals surface area contributed by atoms with Gasteiger partial charge in [0.25, 0.3) is 5.91 Å². The van der Waals surface area contributed by atoms with Gasteiger partial charge >= 0.3 is 5.97 Å². The number of anilines is 1. The van der Waals surface area contributed by atoms with Crippen LogP contribution in [0.15, 0.2) is 42.5 Å². The predicted octanol–water partition coefficient (Wildman–Crippen LogP) is 2.34. The van der Waals surface area contributed by atoms with Crippen LogP contribution in [0.1, 0.15) is 26.4 Å². The van der Waals surface area contributed by atoms with E-state index >= 15 is 0 Å². The first kappa shape index (κ1) is 12.8. The van der Waals surface area contributed by atoms with Gasteiger partial charge in [-0.3, -0.25) is 4.79 Å². The number of aromatic carboxylic acids is 1. The van der Waals surface area contributed by atoms with E-state index in [-0.39, 0.29) is 17.0 Å². The number of hydrogen-bond acceptors (Lipinski definition) is 3. The number of carbonyl (C=O) groups excluding carboxylic acids is 1. The lowest BCUT2D eigenvalue weighted by atomic mass is 10.1. The average molecular weight is 256 g/mol. The van der Waals surface area contributed by atoms with Crippen LogP contribution in [0.5, 0.6) is 0 Å². The maximum atomic E-state index is 12.0. The summed E-state index contributed by atoms with van der Waals surface area (Å²) in [7, 11) is 0. The lowest BCUT2D eigenvalue weighted by Gasteiger charge is -2.05. The van der Waals surface area contributed by atoms with E-state index in [0.717, 1.165) is 5.69 Å². The summed E-state index contributed by atoms with van der Waals surface area (Å²) in [5.41, 5.74) is 1.14. The van der Waals surface area contributed by atoms with E-state index in [1.807, 2.05) is 13.0 Å². The average Bonchev–Trinajstić information content (AvgIpc) is 2.39. The molecule has 1 amide bonds. The smallest absolute Gasteiger partial charge is 0.335 e. The number of aryl methyl sites for hydroxylation is 1. The molecule has 0 spiro atoms. The highest BCUT2D eigenvalue weighted by Gasteiger charge is 2.10. The summed E-state index contributed by atoms with van der Waals surface area (Å²) in [4.78, 5) is 26.9. The zero-order chi connectivity index (χ0) is 13.8. The van der Waals surface area contributed by atoms with Crippen molar-refractivity contribution in [2.45, 2.75) is 6.92 Å². The van der Waals surface area contributed by atoms with Crippen molar-refractivity contribution in [2.24, 2.45) is 0 Å². The van der Waals surface area contributed by atoms with Crippen LogP contribution in [0, 0.1) is 6.92 Å². The quantitative estimate of drug-likeness (QED) is 0.883. The molecule has 0 aliphatic heterocycles. The maximum Gasteiger partial charge on any atom is 0.335 e. The first-order chi connectivity index (χ1) is 9.06. The summed E-state index contributed by atoms with van der Waals surface area (Å²) in [6.07, 6.45) is 0. The normalized spacial score (nSPS) is 9.95. The van der Waals surface area contributed by atoms with Crippen molar-refractivity contribution in [1.82, 2.24) is 4.98 Å². The minimum absolute atomic E-state index is 0.0739. The van der Waals surface area contributed by atoms with Gasteiger partial charge in [-0.25, -0.2) is 9.78 Å². The molecule has 0 unspecified atom stereocenters. The molecule has 2 N–H and O–H groups in total. The monoisotopic (exact) mass is 256 g/mol. The molecule has 0 bridgehead atoms. The number of carboxylic acids is 1. The molecule has 0 radical (unpaired) electrons. The van der Waals surface area contributed by atoms with Gasteiger partial charge < -0.3 is 10.4 Å². The molecule has 2 rings (SSSR count). The fraction of sp³-hybridized carbons (Fsp3) is 0.0714. The van der Waals surface area contributed by atoms with Crippen LogP contribution in [-0.4, -0.2) is 22.0 Å². The number of carboxylic acid groups (broad SMARTS) is 1. The van der Waals surface area contributed by atoms with Gasteiger partial charge in [0.05, 0.1) is 5.56 Å². The second-order valence-corrected chi connectivity index (χ2v) is 4.00. The third kappa shape index (κ3) is 3.16. The molecule has 5 nitrogen and oxygen atoms in total. The molecular formula is C14H12N2O3.